The minimum atomic E-state index is -4.46. The van der Waals surface area contributed by atoms with Crippen LogP contribution in [0.5, 0.6) is 5.88 Å². The Bertz CT molecular complexity index is 1340. The lowest BCUT2D eigenvalue weighted by Crippen LogP contribution is -2.44. The third-order valence-electron chi connectivity index (χ3n) is 7.00. The van der Waals surface area contributed by atoms with Crippen molar-refractivity contribution in [2.24, 2.45) is 0 Å². The van der Waals surface area contributed by atoms with Gasteiger partial charge in [-0.25, -0.2) is 9.97 Å². The van der Waals surface area contributed by atoms with Crippen LogP contribution in [-0.4, -0.2) is 51.1 Å². The average molecular weight is 518 g/mol. The number of likely N-dealkylation sites (tertiary alicyclic amines) is 1. The van der Waals surface area contributed by atoms with E-state index in [1.165, 1.54) is 27.0 Å². The summed E-state index contributed by atoms with van der Waals surface area (Å²) in [6.45, 7) is 7.16. The van der Waals surface area contributed by atoms with Crippen LogP contribution in [0.3, 0.4) is 0 Å². The Morgan fingerprint density at radius 1 is 1.19 bits per heavy atom. The number of benzene rings is 1. The zero-order valence-corrected chi connectivity index (χ0v) is 21.4. The number of alkyl halides is 3. The summed E-state index contributed by atoms with van der Waals surface area (Å²) in [4.78, 5) is 26.9. The molecule has 2 N–H and O–H groups in total. The highest BCUT2D eigenvalue weighted by Gasteiger charge is 2.38. The van der Waals surface area contributed by atoms with Gasteiger partial charge in [0.15, 0.2) is 5.65 Å². The minimum absolute atomic E-state index is 0.0557. The molecule has 3 aromatic rings. The SMILES string of the molecule is COc1nc2nc(C)nc(N[C@H](C)c3cccc(C(F)(F)F)c3C)c2cc1C1(O)CCN(C(C)=O)CC1. The second kappa shape index (κ2) is 9.77. The van der Waals surface area contributed by atoms with Gasteiger partial charge in [0.2, 0.25) is 11.8 Å². The van der Waals surface area contributed by atoms with E-state index in [1.807, 2.05) is 0 Å². The molecule has 11 heteroatoms. The standard InChI is InChI=1S/C26H30F3N5O3/c1-14-18(7-6-8-20(14)26(27,28)29)15(2)30-22-19-13-21(24(37-5)33-23(19)32-16(3)31-22)25(36)9-11-34(12-10-25)17(4)35/h6-8,13,15,36H,9-12H2,1-5H3,(H,30,31,32,33)/t15-/m1/s1. The van der Waals surface area contributed by atoms with Crippen molar-refractivity contribution in [2.45, 2.75) is 58.4 Å². The summed E-state index contributed by atoms with van der Waals surface area (Å²) in [5, 5.41) is 15.3. The Hall–Kier alpha value is -3.47. The number of anilines is 1. The lowest BCUT2D eigenvalue weighted by atomic mass is 9.84. The van der Waals surface area contributed by atoms with Gasteiger partial charge in [0.25, 0.3) is 0 Å². The van der Waals surface area contributed by atoms with Gasteiger partial charge in [-0.15, -0.1) is 0 Å². The van der Waals surface area contributed by atoms with E-state index in [0.29, 0.717) is 59.7 Å². The second-order valence-electron chi connectivity index (χ2n) is 9.46. The Kier molecular flexibility index (Phi) is 7.02. The number of hydrogen-bond donors (Lipinski definition) is 2. The third-order valence-corrected chi connectivity index (χ3v) is 7.00. The molecule has 3 heterocycles. The number of amides is 1. The quantitative estimate of drug-likeness (QED) is 0.507. The normalized spacial score (nSPS) is 16.5. The number of methoxy groups -OCH3 is 1. The van der Waals surface area contributed by atoms with E-state index in [9.17, 15) is 23.1 Å². The molecule has 1 aliphatic rings. The molecule has 0 aliphatic carbocycles. The lowest BCUT2D eigenvalue weighted by Gasteiger charge is -2.38. The zero-order chi connectivity index (χ0) is 27.1. The Balaban J connectivity index is 1.76. The fraction of sp³-hybridized carbons (Fsp3) is 0.462. The third kappa shape index (κ3) is 5.18. The predicted octanol–water partition coefficient (Wildman–Crippen LogP) is 4.67. The molecular formula is C26H30F3N5O3. The van der Waals surface area contributed by atoms with Gasteiger partial charge in [-0.3, -0.25) is 4.79 Å². The summed E-state index contributed by atoms with van der Waals surface area (Å²) in [6, 6.07) is 5.30. The van der Waals surface area contributed by atoms with Crippen LogP contribution < -0.4 is 10.1 Å². The summed E-state index contributed by atoms with van der Waals surface area (Å²) >= 11 is 0. The number of piperidine rings is 1. The number of carbonyl (C=O) groups excluding carboxylic acids is 1. The van der Waals surface area contributed by atoms with E-state index in [4.69, 9.17) is 4.74 Å². The molecule has 1 aromatic carbocycles. The number of hydrogen-bond acceptors (Lipinski definition) is 7. The first-order valence-electron chi connectivity index (χ1n) is 12.0. The number of halogens is 3. The summed E-state index contributed by atoms with van der Waals surface area (Å²) in [5.74, 6) is 0.962. The van der Waals surface area contributed by atoms with Gasteiger partial charge in [0, 0.05) is 25.6 Å². The molecule has 0 spiro atoms. The van der Waals surface area contributed by atoms with Crippen molar-refractivity contribution in [3.05, 3.63) is 52.3 Å². The van der Waals surface area contributed by atoms with E-state index in [0.717, 1.165) is 6.07 Å². The molecule has 1 saturated heterocycles. The number of aryl methyl sites for hydroxylation is 1. The molecule has 0 unspecified atom stereocenters. The number of nitrogens with one attached hydrogen (secondary N) is 1. The van der Waals surface area contributed by atoms with Gasteiger partial charge in [-0.1, -0.05) is 12.1 Å². The lowest BCUT2D eigenvalue weighted by molar-refractivity contribution is -0.138. The monoisotopic (exact) mass is 517 g/mol. The highest BCUT2D eigenvalue weighted by molar-refractivity contribution is 5.88. The van der Waals surface area contributed by atoms with E-state index in [1.54, 1.807) is 30.9 Å². The molecule has 0 bridgehead atoms. The number of fused-ring (bicyclic) bond motifs is 1. The number of rotatable bonds is 5. The van der Waals surface area contributed by atoms with Gasteiger partial charge in [-0.05, 0) is 56.9 Å². The van der Waals surface area contributed by atoms with E-state index < -0.39 is 23.4 Å². The topological polar surface area (TPSA) is 100 Å². The van der Waals surface area contributed by atoms with E-state index in [-0.39, 0.29) is 17.4 Å². The molecule has 1 amide bonds. The van der Waals surface area contributed by atoms with Crippen molar-refractivity contribution in [1.29, 1.82) is 0 Å². The van der Waals surface area contributed by atoms with Crippen LogP contribution in [0.25, 0.3) is 11.0 Å². The van der Waals surface area contributed by atoms with Crippen LogP contribution in [0.1, 0.15) is 60.8 Å². The van der Waals surface area contributed by atoms with Gasteiger partial charge in [0.05, 0.1) is 29.7 Å². The molecule has 8 nitrogen and oxygen atoms in total. The largest absolute Gasteiger partial charge is 0.481 e. The number of pyridine rings is 1. The van der Waals surface area contributed by atoms with Crippen molar-refractivity contribution in [3.63, 3.8) is 0 Å². The number of aromatic nitrogens is 3. The van der Waals surface area contributed by atoms with Gasteiger partial charge < -0.3 is 20.1 Å². The zero-order valence-electron chi connectivity index (χ0n) is 21.4. The molecule has 37 heavy (non-hydrogen) atoms. The first-order chi connectivity index (χ1) is 17.3. The highest BCUT2D eigenvalue weighted by atomic mass is 19.4. The number of aliphatic hydroxyl groups is 1. The molecule has 0 saturated carbocycles. The molecule has 198 valence electrons. The maximum absolute atomic E-state index is 13.5. The van der Waals surface area contributed by atoms with E-state index in [2.05, 4.69) is 20.3 Å². The van der Waals surface area contributed by atoms with Crippen LogP contribution in [0.4, 0.5) is 19.0 Å². The fourth-order valence-electron chi connectivity index (χ4n) is 4.92. The Morgan fingerprint density at radius 3 is 2.46 bits per heavy atom. The van der Waals surface area contributed by atoms with Crippen molar-refractivity contribution >= 4 is 22.8 Å². The minimum Gasteiger partial charge on any atom is -0.481 e. The molecular weight excluding hydrogens is 487 g/mol. The Morgan fingerprint density at radius 2 is 1.86 bits per heavy atom. The first-order valence-corrected chi connectivity index (χ1v) is 12.0. The number of ether oxygens (including phenoxy) is 1. The predicted molar refractivity (Wildman–Crippen MR) is 132 cm³/mol. The molecule has 1 fully saturated rings. The van der Waals surface area contributed by atoms with Gasteiger partial charge >= 0.3 is 6.18 Å². The molecule has 1 atom stereocenters. The highest BCUT2D eigenvalue weighted by Crippen LogP contribution is 2.40. The van der Waals surface area contributed by atoms with Crippen molar-refractivity contribution in [3.8, 4) is 5.88 Å². The van der Waals surface area contributed by atoms with Gasteiger partial charge in [0.1, 0.15) is 11.6 Å². The van der Waals surface area contributed by atoms with Gasteiger partial charge in [-0.2, -0.15) is 18.2 Å². The smallest absolute Gasteiger partial charge is 0.416 e. The number of carbonyl (C=O) groups is 1. The Labute approximate surface area is 212 Å². The molecule has 1 aliphatic heterocycles. The van der Waals surface area contributed by atoms with Crippen LogP contribution in [0.2, 0.25) is 0 Å². The molecule has 4 rings (SSSR count). The van der Waals surface area contributed by atoms with Crippen molar-refractivity contribution < 1.29 is 27.8 Å². The van der Waals surface area contributed by atoms with Crippen LogP contribution >= 0.6 is 0 Å². The maximum Gasteiger partial charge on any atom is 0.416 e. The first kappa shape index (κ1) is 26.6. The van der Waals surface area contributed by atoms with E-state index >= 15 is 0 Å². The van der Waals surface area contributed by atoms with Crippen molar-refractivity contribution in [2.75, 3.05) is 25.5 Å². The van der Waals surface area contributed by atoms with Crippen LogP contribution in [0.15, 0.2) is 24.3 Å². The summed E-state index contributed by atoms with van der Waals surface area (Å²) in [5.41, 5.74) is -0.579. The summed E-state index contributed by atoms with van der Waals surface area (Å²) in [7, 11) is 1.46. The average Bonchev–Trinajstić information content (AvgIpc) is 2.82. The summed E-state index contributed by atoms with van der Waals surface area (Å²) < 4.78 is 45.9. The second-order valence-corrected chi connectivity index (χ2v) is 9.46. The van der Waals surface area contributed by atoms with Crippen LogP contribution in [0, 0.1) is 13.8 Å². The van der Waals surface area contributed by atoms with Crippen molar-refractivity contribution in [1.82, 2.24) is 19.9 Å². The number of nitrogens with zero attached hydrogens (tertiary/aromatic N) is 4. The fourth-order valence-corrected chi connectivity index (χ4v) is 4.92. The van der Waals surface area contributed by atoms with Crippen LogP contribution in [-0.2, 0) is 16.6 Å². The summed E-state index contributed by atoms with van der Waals surface area (Å²) in [6.07, 6.45) is -3.86. The molecule has 2 aromatic heterocycles. The molecule has 0 radical (unpaired) electrons. The maximum atomic E-state index is 13.5.